The Bertz CT molecular complexity index is 1430. The first kappa shape index (κ1) is 41.1. The lowest BCUT2D eigenvalue weighted by molar-refractivity contribution is -0.153. The van der Waals surface area contributed by atoms with Crippen LogP contribution in [0, 0.1) is 5.41 Å². The van der Waals surface area contributed by atoms with E-state index in [0.29, 0.717) is 35.7 Å². The summed E-state index contributed by atoms with van der Waals surface area (Å²) >= 11 is 5.63. The molecule has 1 aliphatic heterocycles. The summed E-state index contributed by atoms with van der Waals surface area (Å²) in [4.78, 5) is 74.9. The number of hydrazine groups is 1. The van der Waals surface area contributed by atoms with Gasteiger partial charge < -0.3 is 26.4 Å². The Morgan fingerprint density at radius 2 is 1.85 bits per heavy atom. The maximum absolute atomic E-state index is 13.0. The highest BCUT2D eigenvalue weighted by atomic mass is 35.5. The first-order valence-corrected chi connectivity index (χ1v) is 15.7. The highest BCUT2D eigenvalue weighted by Crippen LogP contribution is 2.25. The molecule has 5 amide bonds. The number of anilines is 1. The average Bonchev–Trinajstić information content (AvgIpc) is 3.51. The van der Waals surface area contributed by atoms with Gasteiger partial charge in [0.2, 0.25) is 17.7 Å². The lowest BCUT2D eigenvalue weighted by Crippen LogP contribution is -2.54. The molecule has 0 saturated carbocycles. The molecule has 0 radical (unpaired) electrons. The molecular formula is C34H47ClN6O7. The highest BCUT2D eigenvalue weighted by Gasteiger charge is 2.36. The molecule has 1 aromatic carbocycles. The number of esters is 1. The minimum atomic E-state index is -0.796. The lowest BCUT2D eigenvalue weighted by Gasteiger charge is -2.29. The molecule has 1 unspecified atom stereocenters. The number of rotatable bonds is 12. The van der Waals surface area contributed by atoms with Crippen LogP contribution in [0.3, 0.4) is 0 Å². The van der Waals surface area contributed by atoms with E-state index < -0.39 is 42.2 Å². The van der Waals surface area contributed by atoms with Gasteiger partial charge in [0.05, 0.1) is 17.3 Å². The Hall–Kier alpha value is -4.91. The first-order valence-electron chi connectivity index (χ1n) is 15.3. The molecule has 14 heteroatoms. The predicted molar refractivity (Wildman–Crippen MR) is 185 cm³/mol. The van der Waals surface area contributed by atoms with Crippen LogP contribution in [-0.4, -0.2) is 77.7 Å². The molecule has 1 saturated heterocycles. The molecule has 2 rings (SSSR count). The van der Waals surface area contributed by atoms with Crippen molar-refractivity contribution in [3.05, 3.63) is 77.4 Å². The number of nitrogens with zero attached hydrogens (tertiary/aromatic N) is 2. The molecule has 1 aliphatic rings. The second-order valence-electron chi connectivity index (χ2n) is 11.8. The Kier molecular flexibility index (Phi) is 17.4. The van der Waals surface area contributed by atoms with Gasteiger partial charge in [-0.3, -0.25) is 34.2 Å². The normalized spacial score (nSPS) is 14.6. The third kappa shape index (κ3) is 15.1. The fourth-order valence-electron chi connectivity index (χ4n) is 4.19. The van der Waals surface area contributed by atoms with Crippen LogP contribution in [0.1, 0.15) is 64.2 Å². The number of ether oxygens (including phenoxy) is 1. The Morgan fingerprint density at radius 1 is 1.17 bits per heavy atom. The molecule has 1 heterocycles. The molecule has 1 aromatic rings. The van der Waals surface area contributed by atoms with Crippen LogP contribution in [0.4, 0.5) is 5.69 Å². The van der Waals surface area contributed by atoms with Crippen LogP contribution >= 0.6 is 11.6 Å². The standard InChI is InChI=1S/C27H40N4O6.C7H7ClN2O/c1-7-10-12-20(8-2)18-28-22(32)14-15-23(33)31(19-25(35)37-9-3)29-26(36)21-13-11-16-30(21)24(34)17-27(4,5)6;8-5-3-4(7(10)11)1-2-6(5)9/h7-8,10,12,14-15,21H,2,9,11,13,16-19H2,1,3-6H3,(H,28,32)(H,29,36);1-3H,9H2,(H2,10,11)/b10-7-,15-14+,20-12+;. The van der Waals surface area contributed by atoms with E-state index >= 15 is 0 Å². The van der Waals surface area contributed by atoms with Gasteiger partial charge in [0.15, 0.2) is 0 Å². The van der Waals surface area contributed by atoms with Crippen LogP contribution in [0.2, 0.25) is 5.02 Å². The monoisotopic (exact) mass is 686 g/mol. The van der Waals surface area contributed by atoms with E-state index in [9.17, 15) is 28.8 Å². The molecule has 0 aliphatic carbocycles. The smallest absolute Gasteiger partial charge is 0.327 e. The molecule has 0 spiro atoms. The Labute approximate surface area is 287 Å². The van der Waals surface area contributed by atoms with E-state index in [1.54, 1.807) is 31.2 Å². The molecule has 262 valence electrons. The van der Waals surface area contributed by atoms with Crippen molar-refractivity contribution < 1.29 is 33.5 Å². The van der Waals surface area contributed by atoms with E-state index in [-0.39, 0.29) is 30.9 Å². The maximum atomic E-state index is 13.0. The highest BCUT2D eigenvalue weighted by molar-refractivity contribution is 6.33. The zero-order valence-electron chi connectivity index (χ0n) is 28.2. The summed E-state index contributed by atoms with van der Waals surface area (Å²) in [7, 11) is 0. The van der Waals surface area contributed by atoms with Gasteiger partial charge in [-0.15, -0.1) is 0 Å². The predicted octanol–water partition coefficient (Wildman–Crippen LogP) is 3.22. The van der Waals surface area contributed by atoms with Crippen LogP contribution in [0.5, 0.6) is 0 Å². The lowest BCUT2D eigenvalue weighted by atomic mass is 9.91. The van der Waals surface area contributed by atoms with Crippen molar-refractivity contribution in [1.82, 2.24) is 20.7 Å². The van der Waals surface area contributed by atoms with Crippen LogP contribution in [-0.2, 0) is 28.7 Å². The van der Waals surface area contributed by atoms with E-state index in [4.69, 9.17) is 27.8 Å². The molecular weight excluding hydrogens is 640 g/mol. The minimum absolute atomic E-state index is 0.0944. The van der Waals surface area contributed by atoms with Gasteiger partial charge in [0.25, 0.3) is 11.8 Å². The fraction of sp³-hybridized carbons (Fsp3) is 0.412. The zero-order chi connectivity index (χ0) is 36.4. The van der Waals surface area contributed by atoms with Crippen LogP contribution in [0.25, 0.3) is 0 Å². The molecule has 0 bridgehead atoms. The number of nitrogens with one attached hydrogen (secondary N) is 2. The summed E-state index contributed by atoms with van der Waals surface area (Å²) in [5.74, 6) is -3.31. The Balaban J connectivity index is 0.000000879. The van der Waals surface area contributed by atoms with Gasteiger partial charge in [-0.25, -0.2) is 5.01 Å². The van der Waals surface area contributed by atoms with Gasteiger partial charge >= 0.3 is 5.97 Å². The molecule has 1 atom stereocenters. The number of carbonyl (C=O) groups is 6. The van der Waals surface area contributed by atoms with E-state index in [2.05, 4.69) is 17.3 Å². The number of amides is 5. The van der Waals surface area contributed by atoms with E-state index in [1.165, 1.54) is 17.0 Å². The number of primary amides is 1. The van der Waals surface area contributed by atoms with Gasteiger partial charge in [-0.1, -0.05) is 63.3 Å². The van der Waals surface area contributed by atoms with Gasteiger partial charge in [-0.2, -0.15) is 0 Å². The van der Waals surface area contributed by atoms with Crippen molar-refractivity contribution in [2.24, 2.45) is 11.1 Å². The summed E-state index contributed by atoms with van der Waals surface area (Å²) in [6.45, 7) is 13.2. The number of nitrogens with two attached hydrogens (primary N) is 2. The number of benzene rings is 1. The van der Waals surface area contributed by atoms with Crippen molar-refractivity contribution >= 4 is 52.8 Å². The van der Waals surface area contributed by atoms with Gasteiger partial charge in [-0.05, 0) is 55.9 Å². The minimum Gasteiger partial charge on any atom is -0.465 e. The van der Waals surface area contributed by atoms with Crippen molar-refractivity contribution in [1.29, 1.82) is 0 Å². The maximum Gasteiger partial charge on any atom is 0.327 e. The van der Waals surface area contributed by atoms with Gasteiger partial charge in [0, 0.05) is 37.2 Å². The summed E-state index contributed by atoms with van der Waals surface area (Å²) in [6, 6.07) is 3.76. The number of hydrogen-bond acceptors (Lipinski definition) is 8. The van der Waals surface area contributed by atoms with E-state index in [0.717, 1.165) is 22.7 Å². The summed E-state index contributed by atoms with van der Waals surface area (Å²) < 4.78 is 4.91. The van der Waals surface area contributed by atoms with Crippen molar-refractivity contribution in [2.45, 2.75) is 59.9 Å². The van der Waals surface area contributed by atoms with Crippen molar-refractivity contribution in [2.75, 3.05) is 32.0 Å². The number of halogens is 1. The second-order valence-corrected chi connectivity index (χ2v) is 12.2. The SMILES string of the molecule is C=C/C(=C\C=C/C)CNC(=O)/C=C/C(=O)N(CC(=O)OCC)NC(=O)C1CCCN1C(=O)CC(C)(C)C.NC(=O)c1ccc(N)c(Cl)c1. The second kappa shape index (κ2) is 20.4. The molecule has 0 aromatic heterocycles. The quantitative estimate of drug-likeness (QED) is 0.0846. The number of nitrogen functional groups attached to an aromatic ring is 1. The topological polar surface area (TPSA) is 194 Å². The van der Waals surface area contributed by atoms with E-state index in [1.807, 2.05) is 33.8 Å². The number of allylic oxidation sites excluding steroid dienone is 3. The largest absolute Gasteiger partial charge is 0.465 e. The molecule has 6 N–H and O–H groups in total. The number of carbonyl (C=O) groups excluding carboxylic acids is 6. The summed E-state index contributed by atoms with van der Waals surface area (Å²) in [5.41, 5.74) is 14.2. The average molecular weight is 687 g/mol. The molecule has 13 nitrogen and oxygen atoms in total. The number of hydrogen-bond donors (Lipinski definition) is 4. The Morgan fingerprint density at radius 3 is 2.42 bits per heavy atom. The number of likely N-dealkylation sites (tertiary alicyclic amines) is 1. The van der Waals surface area contributed by atoms with Crippen molar-refractivity contribution in [3.8, 4) is 0 Å². The van der Waals surface area contributed by atoms with Crippen LogP contribution in [0.15, 0.2) is 66.8 Å². The molecule has 48 heavy (non-hydrogen) atoms. The first-order chi connectivity index (χ1) is 22.5. The summed E-state index contributed by atoms with van der Waals surface area (Å²) in [5, 5.41) is 3.76. The van der Waals surface area contributed by atoms with Crippen LogP contribution < -0.4 is 22.2 Å². The van der Waals surface area contributed by atoms with Crippen molar-refractivity contribution in [3.63, 3.8) is 0 Å². The van der Waals surface area contributed by atoms with Gasteiger partial charge in [0.1, 0.15) is 12.6 Å². The summed E-state index contributed by atoms with van der Waals surface area (Å²) in [6.07, 6.45) is 10.4. The molecule has 1 fully saturated rings. The third-order valence-corrected chi connectivity index (χ3v) is 6.88. The zero-order valence-corrected chi connectivity index (χ0v) is 29.0. The fourth-order valence-corrected chi connectivity index (χ4v) is 4.37. The third-order valence-electron chi connectivity index (χ3n) is 6.56.